The highest BCUT2D eigenvalue weighted by molar-refractivity contribution is 6.40. The lowest BCUT2D eigenvalue weighted by atomic mass is 9.90. The van der Waals surface area contributed by atoms with E-state index in [2.05, 4.69) is 10.6 Å². The summed E-state index contributed by atoms with van der Waals surface area (Å²) in [7, 11) is 0. The molecule has 1 aromatic carbocycles. The Hall–Kier alpha value is -3.48. The molecule has 2 rings (SSSR count). The zero-order valence-corrected chi connectivity index (χ0v) is 18.2. The molecule has 0 saturated carbocycles. The van der Waals surface area contributed by atoms with Gasteiger partial charge in [0.05, 0.1) is 17.3 Å². The number of carbonyl (C=O) groups is 5. The Morgan fingerprint density at radius 2 is 1.82 bits per heavy atom. The molecule has 0 radical (unpaired) electrons. The molecule has 1 heterocycles. The van der Waals surface area contributed by atoms with E-state index in [-0.39, 0.29) is 12.3 Å². The largest absolute Gasteiger partial charge is 0.418 e. The van der Waals surface area contributed by atoms with Crippen LogP contribution < -0.4 is 21.3 Å². The van der Waals surface area contributed by atoms with E-state index in [9.17, 15) is 42.3 Å². The number of aliphatic hydroxyl groups excluding tert-OH is 1. The predicted octanol–water partition coefficient (Wildman–Crippen LogP) is 0.111. The minimum Gasteiger partial charge on any atom is -0.389 e. The second-order valence-electron chi connectivity index (χ2n) is 7.74. The van der Waals surface area contributed by atoms with E-state index < -0.39 is 65.5 Å². The summed E-state index contributed by atoms with van der Waals surface area (Å²) in [6.45, 7) is 0.803. The number of Topliss-reactive ketones (excluding diaryl/α,β-unsaturated/α-hetero) is 1. The van der Waals surface area contributed by atoms with Crippen LogP contribution >= 0.6 is 0 Å². The molecule has 1 aliphatic rings. The molecule has 0 aromatic heterocycles. The molecule has 4 amide bonds. The molecule has 0 unspecified atom stereocenters. The number of carbonyl (C=O) groups excluding carboxylic acids is 5. The number of hydrogen-bond acceptors (Lipinski definition) is 6. The summed E-state index contributed by atoms with van der Waals surface area (Å²) in [6.07, 6.45) is -3.66. The summed E-state index contributed by atoms with van der Waals surface area (Å²) >= 11 is 0. The lowest BCUT2D eigenvalue weighted by Gasteiger charge is -2.26. The average Bonchev–Trinajstić information content (AvgIpc) is 2.78. The van der Waals surface area contributed by atoms with Crippen molar-refractivity contribution in [3.05, 3.63) is 29.8 Å². The fourth-order valence-electron chi connectivity index (χ4n) is 3.37. The van der Waals surface area contributed by atoms with Crippen molar-refractivity contribution in [1.82, 2.24) is 16.0 Å². The third-order valence-electron chi connectivity index (χ3n) is 5.21. The van der Waals surface area contributed by atoms with Gasteiger partial charge in [0.1, 0.15) is 12.6 Å². The van der Waals surface area contributed by atoms with Crippen LogP contribution in [0.25, 0.3) is 0 Å². The van der Waals surface area contributed by atoms with Crippen LogP contribution in [0.1, 0.15) is 31.7 Å². The number of amides is 4. The first-order valence-electron chi connectivity index (χ1n) is 10.4. The number of para-hydroxylation sites is 1. The maximum absolute atomic E-state index is 13.0. The molecule has 0 spiro atoms. The van der Waals surface area contributed by atoms with Crippen molar-refractivity contribution in [2.45, 2.75) is 44.4 Å². The van der Waals surface area contributed by atoms with E-state index in [0.717, 1.165) is 18.2 Å². The topological polar surface area (TPSA) is 154 Å². The third kappa shape index (κ3) is 7.27. The van der Waals surface area contributed by atoms with Gasteiger partial charge in [-0.1, -0.05) is 12.1 Å². The van der Waals surface area contributed by atoms with E-state index >= 15 is 0 Å². The summed E-state index contributed by atoms with van der Waals surface area (Å²) in [5, 5.41) is 18.1. The third-order valence-corrected chi connectivity index (χ3v) is 5.21. The van der Waals surface area contributed by atoms with Gasteiger partial charge in [-0.25, -0.2) is 0 Å². The van der Waals surface area contributed by atoms with Gasteiger partial charge in [0, 0.05) is 12.5 Å². The summed E-state index contributed by atoms with van der Waals surface area (Å²) in [5.41, 5.74) is -1.79. The highest BCUT2D eigenvalue weighted by Gasteiger charge is 2.35. The molecule has 5 N–H and O–H groups in total. The lowest BCUT2D eigenvalue weighted by molar-refractivity contribution is -0.139. The molecule has 1 aromatic rings. The summed E-state index contributed by atoms with van der Waals surface area (Å²) in [5.74, 6) is -5.28. The molecule has 3 atom stereocenters. The minimum absolute atomic E-state index is 0.0631. The molecule has 1 aliphatic heterocycles. The lowest BCUT2D eigenvalue weighted by Crippen LogP contribution is -2.53. The van der Waals surface area contributed by atoms with Gasteiger partial charge in [0.25, 0.3) is 0 Å². The van der Waals surface area contributed by atoms with Crippen molar-refractivity contribution in [1.29, 1.82) is 0 Å². The van der Waals surface area contributed by atoms with Gasteiger partial charge in [0.15, 0.2) is 5.78 Å². The van der Waals surface area contributed by atoms with Crippen molar-refractivity contribution in [2.75, 3.05) is 18.5 Å². The van der Waals surface area contributed by atoms with Gasteiger partial charge in [-0.15, -0.1) is 0 Å². The molecule has 0 aliphatic carbocycles. The molecule has 10 nitrogen and oxygen atoms in total. The molecular formula is C21H25F3N4O6. The number of halogens is 3. The summed E-state index contributed by atoms with van der Waals surface area (Å²) in [4.78, 5) is 60.6. The maximum Gasteiger partial charge on any atom is 0.418 e. The van der Waals surface area contributed by atoms with Crippen LogP contribution in [-0.4, -0.2) is 59.8 Å². The second-order valence-corrected chi connectivity index (χ2v) is 7.74. The molecule has 0 bridgehead atoms. The summed E-state index contributed by atoms with van der Waals surface area (Å²) in [6, 6.07) is 1.49. The maximum atomic E-state index is 13.0. The van der Waals surface area contributed by atoms with Gasteiger partial charge in [-0.05, 0) is 38.3 Å². The molecular weight excluding hydrogens is 461 g/mol. The molecule has 1 saturated heterocycles. The van der Waals surface area contributed by atoms with Crippen LogP contribution in [0, 0.1) is 5.92 Å². The Morgan fingerprint density at radius 3 is 2.44 bits per heavy atom. The van der Waals surface area contributed by atoms with E-state index in [1.54, 1.807) is 0 Å². The number of alkyl halides is 3. The van der Waals surface area contributed by atoms with Crippen molar-refractivity contribution < 1.29 is 42.3 Å². The van der Waals surface area contributed by atoms with Crippen LogP contribution in [0.4, 0.5) is 18.9 Å². The average molecular weight is 486 g/mol. The number of hydrogen-bond donors (Lipinski definition) is 5. The number of nitrogens with one attached hydrogen (secondary N) is 4. The molecule has 13 heteroatoms. The fraction of sp³-hybridized carbons (Fsp3) is 0.476. The van der Waals surface area contributed by atoms with Gasteiger partial charge in [-0.2, -0.15) is 13.2 Å². The van der Waals surface area contributed by atoms with Crippen LogP contribution in [0.15, 0.2) is 24.3 Å². The Morgan fingerprint density at radius 1 is 1.15 bits per heavy atom. The Labute approximate surface area is 192 Å². The first kappa shape index (κ1) is 26.8. The van der Waals surface area contributed by atoms with Crippen molar-refractivity contribution in [2.24, 2.45) is 5.92 Å². The van der Waals surface area contributed by atoms with Crippen molar-refractivity contribution in [3.63, 3.8) is 0 Å². The van der Waals surface area contributed by atoms with E-state index in [1.165, 1.54) is 13.0 Å². The molecule has 186 valence electrons. The Balaban J connectivity index is 1.99. The van der Waals surface area contributed by atoms with Crippen LogP contribution in [0.2, 0.25) is 0 Å². The van der Waals surface area contributed by atoms with E-state index in [4.69, 9.17) is 0 Å². The highest BCUT2D eigenvalue weighted by atomic mass is 19.4. The zero-order valence-electron chi connectivity index (χ0n) is 18.2. The zero-order chi connectivity index (χ0) is 25.5. The van der Waals surface area contributed by atoms with Crippen molar-refractivity contribution >= 4 is 35.1 Å². The Kier molecular flexibility index (Phi) is 9.12. The Bertz CT molecular complexity index is 953. The van der Waals surface area contributed by atoms with E-state index in [1.807, 2.05) is 10.6 Å². The highest BCUT2D eigenvalue weighted by Crippen LogP contribution is 2.34. The first-order chi connectivity index (χ1) is 15.9. The van der Waals surface area contributed by atoms with Crippen LogP contribution in [0.3, 0.4) is 0 Å². The normalized spacial score (nSPS) is 17.7. The number of aliphatic hydroxyl groups is 1. The van der Waals surface area contributed by atoms with Gasteiger partial charge < -0.3 is 26.4 Å². The van der Waals surface area contributed by atoms with Crippen LogP contribution in [-0.2, 0) is 30.1 Å². The monoisotopic (exact) mass is 486 g/mol. The van der Waals surface area contributed by atoms with Crippen molar-refractivity contribution in [3.8, 4) is 0 Å². The number of ketones is 1. The van der Waals surface area contributed by atoms with Gasteiger partial charge >= 0.3 is 18.0 Å². The number of piperidine rings is 1. The number of rotatable bonds is 8. The quantitative estimate of drug-likeness (QED) is 0.329. The van der Waals surface area contributed by atoms with Gasteiger partial charge in [-0.3, -0.25) is 24.0 Å². The standard InChI is InChI=1S/C21H25F3N4O6/c1-11(17(31)28-15(16(30)10-29)9-12-5-4-8-25-18(12)32)26-19(33)20(34)27-14-7-3-2-6-13(14)21(22,23)24/h2-3,6-7,11-12,15,29H,4-5,8-10H2,1H3,(H,25,32)(H,26,33)(H,27,34)(H,28,31)/t11-,12-,15-/m0/s1. The SMILES string of the molecule is C[C@H](NC(=O)C(=O)Nc1ccccc1C(F)(F)F)C(=O)N[C@@H](C[C@@H]1CCCNC1=O)C(=O)CO. The molecule has 34 heavy (non-hydrogen) atoms. The number of benzene rings is 1. The van der Waals surface area contributed by atoms with Gasteiger partial charge in [0.2, 0.25) is 11.8 Å². The minimum atomic E-state index is -4.77. The predicted molar refractivity (Wildman–Crippen MR) is 112 cm³/mol. The van der Waals surface area contributed by atoms with E-state index in [0.29, 0.717) is 19.4 Å². The number of anilines is 1. The first-order valence-corrected chi connectivity index (χ1v) is 10.4. The second kappa shape index (κ2) is 11.6. The smallest absolute Gasteiger partial charge is 0.389 e. The molecule has 1 fully saturated rings. The van der Waals surface area contributed by atoms with Crippen LogP contribution in [0.5, 0.6) is 0 Å². The fourth-order valence-corrected chi connectivity index (χ4v) is 3.37. The summed E-state index contributed by atoms with van der Waals surface area (Å²) < 4.78 is 39.1.